The summed E-state index contributed by atoms with van der Waals surface area (Å²) in [5.74, 6) is 0. The summed E-state index contributed by atoms with van der Waals surface area (Å²) >= 11 is 0. The van der Waals surface area contributed by atoms with Gasteiger partial charge in [0.2, 0.25) is 0 Å². The van der Waals surface area contributed by atoms with Crippen molar-refractivity contribution >= 4 is 10.8 Å². The van der Waals surface area contributed by atoms with Gasteiger partial charge in [0.1, 0.15) is 0 Å². The average molecular weight is 239 g/mol. The molecule has 88 valence electrons. The summed E-state index contributed by atoms with van der Waals surface area (Å²) < 4.78 is 17.6. The SMILES string of the molecule is Cc1ccc(S(=O)C2COCCC2N)cc1. The fourth-order valence-electron chi connectivity index (χ4n) is 1.80. The van der Waals surface area contributed by atoms with Crippen LogP contribution in [-0.4, -0.2) is 28.7 Å². The zero-order valence-corrected chi connectivity index (χ0v) is 10.2. The van der Waals surface area contributed by atoms with Crippen LogP contribution in [0.5, 0.6) is 0 Å². The lowest BCUT2D eigenvalue weighted by Crippen LogP contribution is -2.45. The lowest BCUT2D eigenvalue weighted by atomic mass is 10.1. The fraction of sp³-hybridized carbons (Fsp3) is 0.500. The molecule has 2 N–H and O–H groups in total. The lowest BCUT2D eigenvalue weighted by molar-refractivity contribution is 0.0904. The summed E-state index contributed by atoms with van der Waals surface area (Å²) in [7, 11) is -1.06. The van der Waals surface area contributed by atoms with Crippen molar-refractivity contribution in [3.05, 3.63) is 29.8 Å². The van der Waals surface area contributed by atoms with Crippen molar-refractivity contribution in [2.24, 2.45) is 5.73 Å². The van der Waals surface area contributed by atoms with Crippen molar-refractivity contribution in [1.82, 2.24) is 0 Å². The first-order valence-corrected chi connectivity index (χ1v) is 6.70. The van der Waals surface area contributed by atoms with E-state index in [0.29, 0.717) is 13.2 Å². The second-order valence-corrected chi connectivity index (χ2v) is 5.85. The van der Waals surface area contributed by atoms with Gasteiger partial charge in [0.25, 0.3) is 0 Å². The Bertz CT molecular complexity index is 377. The molecular formula is C12H17NO2S. The van der Waals surface area contributed by atoms with E-state index in [1.165, 1.54) is 5.56 Å². The quantitative estimate of drug-likeness (QED) is 0.844. The molecule has 0 spiro atoms. The van der Waals surface area contributed by atoms with Gasteiger partial charge in [-0.25, -0.2) is 0 Å². The zero-order valence-electron chi connectivity index (χ0n) is 9.39. The number of hydrogen-bond donors (Lipinski definition) is 1. The number of benzene rings is 1. The van der Waals surface area contributed by atoms with Gasteiger partial charge in [-0.3, -0.25) is 4.21 Å². The minimum absolute atomic E-state index is 0.0177. The number of hydrogen-bond acceptors (Lipinski definition) is 3. The number of aryl methyl sites for hydroxylation is 1. The van der Waals surface area contributed by atoms with E-state index in [9.17, 15) is 4.21 Å². The molecule has 1 saturated heterocycles. The first-order chi connectivity index (χ1) is 7.68. The molecule has 3 unspecified atom stereocenters. The first-order valence-electron chi connectivity index (χ1n) is 5.49. The third-order valence-corrected chi connectivity index (χ3v) is 4.66. The maximum atomic E-state index is 12.3. The molecule has 0 aliphatic carbocycles. The largest absolute Gasteiger partial charge is 0.380 e. The van der Waals surface area contributed by atoms with Crippen LogP contribution in [0.1, 0.15) is 12.0 Å². The molecule has 4 heteroatoms. The highest BCUT2D eigenvalue weighted by molar-refractivity contribution is 7.85. The molecule has 1 aromatic rings. The summed E-state index contributed by atoms with van der Waals surface area (Å²) in [5, 5.41) is -0.0727. The Hall–Kier alpha value is -0.710. The van der Waals surface area contributed by atoms with Crippen LogP contribution < -0.4 is 5.73 Å². The van der Waals surface area contributed by atoms with E-state index in [1.54, 1.807) is 0 Å². The van der Waals surface area contributed by atoms with Crippen LogP contribution in [0.2, 0.25) is 0 Å². The normalized spacial score (nSPS) is 27.6. The zero-order chi connectivity index (χ0) is 11.5. The summed E-state index contributed by atoms with van der Waals surface area (Å²) in [6.07, 6.45) is 0.794. The Morgan fingerprint density at radius 2 is 2.06 bits per heavy atom. The molecule has 0 bridgehead atoms. The molecule has 1 heterocycles. The van der Waals surface area contributed by atoms with Crippen LogP contribution in [0.3, 0.4) is 0 Å². The van der Waals surface area contributed by atoms with E-state index < -0.39 is 10.8 Å². The smallest absolute Gasteiger partial charge is 0.0779 e. The van der Waals surface area contributed by atoms with Crippen LogP contribution in [-0.2, 0) is 15.5 Å². The molecule has 1 aliphatic rings. The van der Waals surface area contributed by atoms with Crippen LogP contribution in [0, 0.1) is 6.92 Å². The predicted octanol–water partition coefficient (Wildman–Crippen LogP) is 1.22. The fourth-order valence-corrected chi connectivity index (χ4v) is 3.22. The van der Waals surface area contributed by atoms with Gasteiger partial charge in [0, 0.05) is 17.5 Å². The molecule has 0 aromatic heterocycles. The minimum Gasteiger partial charge on any atom is -0.380 e. The molecule has 0 amide bonds. The summed E-state index contributed by atoms with van der Waals surface area (Å²) in [6, 6.07) is 7.75. The summed E-state index contributed by atoms with van der Waals surface area (Å²) in [5.41, 5.74) is 7.15. The standard InChI is InChI=1S/C12H17NO2S/c1-9-2-4-10(5-3-9)16(14)12-8-15-7-6-11(12)13/h2-5,11-12H,6-8,13H2,1H3. The van der Waals surface area contributed by atoms with Crippen molar-refractivity contribution in [2.45, 2.75) is 29.5 Å². The van der Waals surface area contributed by atoms with Crippen LogP contribution in [0.25, 0.3) is 0 Å². The number of rotatable bonds is 2. The Labute approximate surface area is 98.4 Å². The van der Waals surface area contributed by atoms with E-state index in [4.69, 9.17) is 10.5 Å². The van der Waals surface area contributed by atoms with E-state index in [-0.39, 0.29) is 11.3 Å². The van der Waals surface area contributed by atoms with Crippen LogP contribution in [0.4, 0.5) is 0 Å². The molecule has 0 saturated carbocycles. The highest BCUT2D eigenvalue weighted by Crippen LogP contribution is 2.18. The molecule has 3 nitrogen and oxygen atoms in total. The van der Waals surface area contributed by atoms with E-state index >= 15 is 0 Å². The first kappa shape index (κ1) is 11.8. The predicted molar refractivity (Wildman–Crippen MR) is 64.8 cm³/mol. The van der Waals surface area contributed by atoms with Gasteiger partial charge in [-0.15, -0.1) is 0 Å². The number of ether oxygens (including phenoxy) is 1. The maximum absolute atomic E-state index is 12.3. The Kier molecular flexibility index (Phi) is 3.74. The second-order valence-electron chi connectivity index (χ2n) is 4.18. The van der Waals surface area contributed by atoms with Crippen molar-refractivity contribution < 1.29 is 8.95 Å². The molecule has 16 heavy (non-hydrogen) atoms. The molecule has 1 aromatic carbocycles. The van der Waals surface area contributed by atoms with E-state index in [2.05, 4.69) is 0 Å². The van der Waals surface area contributed by atoms with Gasteiger partial charge >= 0.3 is 0 Å². The summed E-state index contributed by atoms with van der Waals surface area (Å²) in [6.45, 7) is 3.20. The Balaban J connectivity index is 2.14. The summed E-state index contributed by atoms with van der Waals surface area (Å²) in [4.78, 5) is 0.844. The third-order valence-electron chi connectivity index (χ3n) is 2.88. The lowest BCUT2D eigenvalue weighted by Gasteiger charge is -2.27. The van der Waals surface area contributed by atoms with Crippen LogP contribution in [0.15, 0.2) is 29.2 Å². The average Bonchev–Trinajstić information content (AvgIpc) is 2.30. The van der Waals surface area contributed by atoms with Crippen molar-refractivity contribution in [3.63, 3.8) is 0 Å². The van der Waals surface area contributed by atoms with E-state index in [1.807, 2.05) is 31.2 Å². The minimum atomic E-state index is -1.06. The molecule has 3 atom stereocenters. The molecule has 1 fully saturated rings. The van der Waals surface area contributed by atoms with Gasteiger partial charge in [-0.05, 0) is 25.5 Å². The Morgan fingerprint density at radius 3 is 2.69 bits per heavy atom. The molecule has 0 radical (unpaired) electrons. The monoisotopic (exact) mass is 239 g/mol. The topological polar surface area (TPSA) is 52.3 Å². The highest BCUT2D eigenvalue weighted by Gasteiger charge is 2.28. The van der Waals surface area contributed by atoms with Gasteiger partial charge in [0.15, 0.2) is 0 Å². The highest BCUT2D eigenvalue weighted by atomic mass is 32.2. The third kappa shape index (κ3) is 2.51. The van der Waals surface area contributed by atoms with Gasteiger partial charge in [-0.1, -0.05) is 17.7 Å². The van der Waals surface area contributed by atoms with E-state index in [0.717, 1.165) is 11.3 Å². The van der Waals surface area contributed by atoms with Crippen molar-refractivity contribution in [3.8, 4) is 0 Å². The molecular weight excluding hydrogens is 222 g/mol. The van der Waals surface area contributed by atoms with Gasteiger partial charge < -0.3 is 10.5 Å². The van der Waals surface area contributed by atoms with Gasteiger partial charge in [0.05, 0.1) is 22.7 Å². The van der Waals surface area contributed by atoms with Crippen molar-refractivity contribution in [1.29, 1.82) is 0 Å². The van der Waals surface area contributed by atoms with Crippen LogP contribution >= 0.6 is 0 Å². The maximum Gasteiger partial charge on any atom is 0.0779 e. The molecule has 1 aliphatic heterocycles. The van der Waals surface area contributed by atoms with Gasteiger partial charge in [-0.2, -0.15) is 0 Å². The second kappa shape index (κ2) is 5.08. The Morgan fingerprint density at radius 1 is 1.38 bits per heavy atom. The molecule has 2 rings (SSSR count). The number of nitrogens with two attached hydrogens (primary N) is 1. The van der Waals surface area contributed by atoms with Crippen molar-refractivity contribution in [2.75, 3.05) is 13.2 Å².